The monoisotopic (exact) mass is 446 g/mol. The van der Waals surface area contributed by atoms with E-state index < -0.39 is 11.3 Å². The molecule has 0 atom stereocenters. The van der Waals surface area contributed by atoms with Crippen LogP contribution in [0.2, 0.25) is 0 Å². The molecular weight excluding hydrogens is 416 g/mol. The Morgan fingerprint density at radius 2 is 1.91 bits per heavy atom. The van der Waals surface area contributed by atoms with Crippen LogP contribution in [0.5, 0.6) is 0 Å². The molecular formula is C25H30N6O2. The Bertz CT molecular complexity index is 1240. The highest BCUT2D eigenvalue weighted by Gasteiger charge is 2.23. The van der Waals surface area contributed by atoms with Gasteiger partial charge in [-0.3, -0.25) is 9.59 Å². The zero-order chi connectivity index (χ0) is 22.9. The maximum atomic E-state index is 12.8. The van der Waals surface area contributed by atoms with Crippen LogP contribution in [0.4, 0.5) is 11.6 Å². The van der Waals surface area contributed by atoms with Crippen molar-refractivity contribution in [3.8, 4) is 0 Å². The van der Waals surface area contributed by atoms with Crippen LogP contribution in [0.3, 0.4) is 0 Å². The van der Waals surface area contributed by atoms with E-state index in [9.17, 15) is 9.59 Å². The minimum absolute atomic E-state index is 0.00969. The number of hydrogen-bond donors (Lipinski definition) is 2. The van der Waals surface area contributed by atoms with Crippen LogP contribution in [0, 0.1) is 0 Å². The summed E-state index contributed by atoms with van der Waals surface area (Å²) < 4.78 is 1.95. The summed E-state index contributed by atoms with van der Waals surface area (Å²) in [7, 11) is 2.17. The van der Waals surface area contributed by atoms with Crippen LogP contribution in [-0.4, -0.2) is 45.5 Å². The number of nitrogens with two attached hydrogens (primary N) is 1. The molecule has 0 radical (unpaired) electrons. The lowest BCUT2D eigenvalue weighted by Gasteiger charge is -2.29. The van der Waals surface area contributed by atoms with E-state index in [1.807, 2.05) is 10.6 Å². The molecule has 3 N–H and O–H groups in total. The van der Waals surface area contributed by atoms with Crippen LogP contribution < -0.4 is 16.5 Å². The van der Waals surface area contributed by atoms with Crippen LogP contribution >= 0.6 is 0 Å². The van der Waals surface area contributed by atoms with Crippen molar-refractivity contribution in [1.82, 2.24) is 19.4 Å². The highest BCUT2D eigenvalue weighted by atomic mass is 16.2. The molecule has 2 aliphatic rings. The first-order valence-corrected chi connectivity index (χ1v) is 11.8. The van der Waals surface area contributed by atoms with E-state index in [2.05, 4.69) is 40.4 Å². The number of anilines is 2. The summed E-state index contributed by atoms with van der Waals surface area (Å²) >= 11 is 0. The molecule has 2 fully saturated rings. The Kier molecular flexibility index (Phi) is 5.85. The SMILES string of the molecule is CN1CCC(c2cccc(Nc3ncc4c(=O)c(C(N)=O)cn(C5CCCC5)c4n3)c2)CC1. The summed E-state index contributed by atoms with van der Waals surface area (Å²) in [5, 5.41) is 3.64. The second-order valence-electron chi connectivity index (χ2n) is 9.34. The van der Waals surface area contributed by atoms with Crippen molar-refractivity contribution in [2.75, 3.05) is 25.5 Å². The molecule has 2 aromatic heterocycles. The first-order chi connectivity index (χ1) is 16.0. The van der Waals surface area contributed by atoms with Gasteiger partial charge < -0.3 is 20.5 Å². The van der Waals surface area contributed by atoms with Crippen LogP contribution in [0.1, 0.15) is 66.4 Å². The topological polar surface area (TPSA) is 106 Å². The number of nitrogens with one attached hydrogen (secondary N) is 1. The van der Waals surface area contributed by atoms with Gasteiger partial charge in [-0.25, -0.2) is 4.98 Å². The highest BCUT2D eigenvalue weighted by Crippen LogP contribution is 2.32. The summed E-state index contributed by atoms with van der Waals surface area (Å²) in [5.41, 5.74) is 7.85. The van der Waals surface area contributed by atoms with E-state index in [0.29, 0.717) is 22.9 Å². The number of amides is 1. The summed E-state index contributed by atoms with van der Waals surface area (Å²) in [6.07, 6.45) is 9.61. The molecule has 1 saturated heterocycles. The average Bonchev–Trinajstić information content (AvgIpc) is 3.34. The molecule has 0 spiro atoms. The van der Waals surface area contributed by atoms with Gasteiger partial charge >= 0.3 is 0 Å². The number of benzene rings is 1. The minimum Gasteiger partial charge on any atom is -0.365 e. The fourth-order valence-corrected chi connectivity index (χ4v) is 5.17. The summed E-state index contributed by atoms with van der Waals surface area (Å²) in [6, 6.07) is 8.62. The molecule has 1 aliphatic carbocycles. The fraction of sp³-hybridized carbons (Fsp3) is 0.440. The van der Waals surface area contributed by atoms with E-state index in [0.717, 1.165) is 57.3 Å². The number of carbonyl (C=O) groups is 1. The fourth-order valence-electron chi connectivity index (χ4n) is 5.17. The Balaban J connectivity index is 1.49. The molecule has 33 heavy (non-hydrogen) atoms. The number of aromatic nitrogens is 3. The van der Waals surface area contributed by atoms with Crippen molar-refractivity contribution >= 4 is 28.6 Å². The molecule has 1 amide bonds. The first-order valence-electron chi connectivity index (χ1n) is 11.8. The minimum atomic E-state index is -0.721. The lowest BCUT2D eigenvalue weighted by Crippen LogP contribution is -2.29. The number of likely N-dealkylation sites (tertiary alicyclic amines) is 1. The normalized spacial score (nSPS) is 18.1. The maximum absolute atomic E-state index is 12.8. The number of primary amides is 1. The Morgan fingerprint density at radius 1 is 1.15 bits per heavy atom. The van der Waals surface area contributed by atoms with Crippen LogP contribution in [0.25, 0.3) is 11.0 Å². The second kappa shape index (κ2) is 8.94. The van der Waals surface area contributed by atoms with Gasteiger partial charge in [0.05, 0.1) is 5.39 Å². The average molecular weight is 447 g/mol. The molecule has 0 bridgehead atoms. The molecule has 172 valence electrons. The third-order valence-corrected chi connectivity index (χ3v) is 7.09. The molecule has 1 aliphatic heterocycles. The number of carbonyl (C=O) groups excluding carboxylic acids is 1. The summed E-state index contributed by atoms with van der Waals surface area (Å²) in [6.45, 7) is 2.23. The number of hydrogen-bond acceptors (Lipinski definition) is 6. The standard InChI is InChI=1S/C25H30N6O2/c1-30-11-9-16(10-12-30)17-5-4-6-18(13-17)28-25-27-14-20-22(32)21(23(26)33)15-31(24(20)29-25)19-7-2-3-8-19/h4-6,13-16,19H,2-3,7-12H2,1H3,(H2,26,33)(H,27,28,29). The van der Waals surface area contributed by atoms with Crippen molar-refractivity contribution < 1.29 is 4.79 Å². The number of pyridine rings is 1. The molecule has 3 heterocycles. The number of fused-ring (bicyclic) bond motifs is 1. The summed E-state index contributed by atoms with van der Waals surface area (Å²) in [5.74, 6) is 0.266. The van der Waals surface area contributed by atoms with Gasteiger partial charge in [-0.05, 0) is 69.4 Å². The van der Waals surface area contributed by atoms with Gasteiger partial charge in [-0.15, -0.1) is 0 Å². The predicted octanol–water partition coefficient (Wildman–Crippen LogP) is 3.56. The smallest absolute Gasteiger partial charge is 0.254 e. The lowest BCUT2D eigenvalue weighted by atomic mass is 9.89. The molecule has 3 aromatic rings. The van der Waals surface area contributed by atoms with Gasteiger partial charge in [0.15, 0.2) is 0 Å². The van der Waals surface area contributed by atoms with Gasteiger partial charge in [0.25, 0.3) is 5.91 Å². The highest BCUT2D eigenvalue weighted by molar-refractivity contribution is 5.95. The number of piperidine rings is 1. The van der Waals surface area contributed by atoms with E-state index in [1.54, 1.807) is 6.20 Å². The van der Waals surface area contributed by atoms with E-state index in [-0.39, 0.29) is 11.6 Å². The van der Waals surface area contributed by atoms with Crippen molar-refractivity contribution in [2.45, 2.75) is 50.5 Å². The van der Waals surface area contributed by atoms with Crippen molar-refractivity contribution in [3.63, 3.8) is 0 Å². The second-order valence-corrected chi connectivity index (χ2v) is 9.34. The molecule has 1 aromatic carbocycles. The Morgan fingerprint density at radius 3 is 2.64 bits per heavy atom. The maximum Gasteiger partial charge on any atom is 0.254 e. The van der Waals surface area contributed by atoms with Gasteiger partial charge in [0, 0.05) is 24.1 Å². The largest absolute Gasteiger partial charge is 0.365 e. The van der Waals surface area contributed by atoms with Crippen molar-refractivity contribution in [2.24, 2.45) is 5.73 Å². The quantitative estimate of drug-likeness (QED) is 0.621. The lowest BCUT2D eigenvalue weighted by molar-refractivity contribution is 0.0998. The molecule has 5 rings (SSSR count). The van der Waals surface area contributed by atoms with Crippen molar-refractivity contribution in [1.29, 1.82) is 0 Å². The zero-order valence-corrected chi connectivity index (χ0v) is 19.0. The van der Waals surface area contributed by atoms with Gasteiger partial charge in [0.2, 0.25) is 11.4 Å². The predicted molar refractivity (Wildman–Crippen MR) is 129 cm³/mol. The van der Waals surface area contributed by atoms with Crippen LogP contribution in [-0.2, 0) is 0 Å². The third kappa shape index (κ3) is 4.35. The van der Waals surface area contributed by atoms with E-state index in [1.165, 1.54) is 11.8 Å². The Hall–Kier alpha value is -3.26. The summed E-state index contributed by atoms with van der Waals surface area (Å²) in [4.78, 5) is 36.2. The van der Waals surface area contributed by atoms with E-state index in [4.69, 9.17) is 10.7 Å². The zero-order valence-electron chi connectivity index (χ0n) is 19.0. The molecule has 8 heteroatoms. The third-order valence-electron chi connectivity index (χ3n) is 7.09. The van der Waals surface area contributed by atoms with E-state index >= 15 is 0 Å². The number of nitrogens with zero attached hydrogens (tertiary/aromatic N) is 4. The van der Waals surface area contributed by atoms with Gasteiger partial charge in [0.1, 0.15) is 11.2 Å². The molecule has 8 nitrogen and oxygen atoms in total. The van der Waals surface area contributed by atoms with Crippen LogP contribution in [0.15, 0.2) is 41.5 Å². The number of rotatable bonds is 5. The Labute approximate surface area is 192 Å². The first kappa shape index (κ1) is 21.6. The van der Waals surface area contributed by atoms with Gasteiger partial charge in [-0.2, -0.15) is 4.98 Å². The van der Waals surface area contributed by atoms with Crippen molar-refractivity contribution in [3.05, 3.63) is 58.0 Å². The molecule has 0 unspecified atom stereocenters. The molecule has 1 saturated carbocycles. The van der Waals surface area contributed by atoms with Gasteiger partial charge in [-0.1, -0.05) is 25.0 Å².